The number of anilines is 1. The van der Waals surface area contributed by atoms with Gasteiger partial charge in [-0.05, 0) is 41.5 Å². The quantitative estimate of drug-likeness (QED) is 0.533. The van der Waals surface area contributed by atoms with Crippen LogP contribution >= 0.6 is 22.9 Å². The molecule has 2 aromatic carbocycles. The summed E-state index contributed by atoms with van der Waals surface area (Å²) >= 11 is 4.93. The van der Waals surface area contributed by atoms with Gasteiger partial charge >= 0.3 is 5.97 Å². The maximum atomic E-state index is 11.6. The van der Waals surface area contributed by atoms with Gasteiger partial charge in [-0.3, -0.25) is 9.27 Å². The summed E-state index contributed by atoms with van der Waals surface area (Å²) < 4.78 is 22.0. The van der Waals surface area contributed by atoms with Gasteiger partial charge in [-0.15, -0.1) is 11.3 Å². The number of hydrogen-bond donors (Lipinski definition) is 3. The van der Waals surface area contributed by atoms with E-state index in [1.165, 1.54) is 11.3 Å². The first-order valence-corrected chi connectivity index (χ1v) is 9.35. The second-order valence-electron chi connectivity index (χ2n) is 5.09. The highest BCUT2D eigenvalue weighted by Gasteiger charge is 2.17. The minimum absolute atomic E-state index is 0.233. The average Bonchev–Trinajstić information content (AvgIpc) is 3.01. The van der Waals surface area contributed by atoms with Crippen LogP contribution in [0.15, 0.2) is 54.6 Å². The monoisotopic (exact) mass is 393 g/mol. The lowest BCUT2D eigenvalue weighted by molar-refractivity contribution is 0.0703. The third-order valence-electron chi connectivity index (χ3n) is 3.46. The van der Waals surface area contributed by atoms with Gasteiger partial charge in [-0.1, -0.05) is 35.9 Å². The largest absolute Gasteiger partial charge is 0.477 e. The Balaban J connectivity index is 2.01. The van der Waals surface area contributed by atoms with E-state index in [9.17, 15) is 14.1 Å². The Kier molecular flexibility index (Phi) is 5.19. The standard InChI is InChI=1S/C17H12ClNO4S2/c18-12-5-1-11(2-6-12)15-9-14(16(24-15)17(20)21)10-3-7-13(8-4-10)19-25(22)23/h1-9,19H,(H,20,21)(H,22,23). The Bertz CT molecular complexity index is 936. The minimum Gasteiger partial charge on any atom is -0.477 e. The second-order valence-corrected chi connectivity index (χ2v) is 7.29. The molecule has 1 atom stereocenters. The van der Waals surface area contributed by atoms with Crippen LogP contribution in [0.25, 0.3) is 21.6 Å². The van der Waals surface area contributed by atoms with E-state index in [-0.39, 0.29) is 4.88 Å². The molecule has 3 aromatic rings. The molecule has 0 fully saturated rings. The first-order valence-electron chi connectivity index (χ1n) is 7.05. The maximum Gasteiger partial charge on any atom is 0.346 e. The molecule has 1 aromatic heterocycles. The van der Waals surface area contributed by atoms with Crippen molar-refractivity contribution in [1.82, 2.24) is 0 Å². The maximum absolute atomic E-state index is 11.6. The third kappa shape index (κ3) is 4.08. The van der Waals surface area contributed by atoms with E-state index in [4.69, 9.17) is 16.2 Å². The van der Waals surface area contributed by atoms with Crippen molar-refractivity contribution in [3.05, 3.63) is 64.5 Å². The van der Waals surface area contributed by atoms with Gasteiger partial charge in [0.05, 0.1) is 0 Å². The Morgan fingerprint density at radius 3 is 2.20 bits per heavy atom. The zero-order chi connectivity index (χ0) is 18.0. The Morgan fingerprint density at radius 2 is 1.64 bits per heavy atom. The molecule has 1 unspecified atom stereocenters. The fraction of sp³-hybridized carbons (Fsp3) is 0. The number of hydrogen-bond acceptors (Lipinski definition) is 3. The minimum atomic E-state index is -2.15. The molecule has 8 heteroatoms. The molecule has 1 heterocycles. The fourth-order valence-corrected chi connectivity index (χ4v) is 3.83. The lowest BCUT2D eigenvalue weighted by Crippen LogP contribution is -2.01. The van der Waals surface area contributed by atoms with Crippen molar-refractivity contribution in [2.75, 3.05) is 4.72 Å². The molecule has 3 N–H and O–H groups in total. The van der Waals surface area contributed by atoms with Crippen LogP contribution in [0.5, 0.6) is 0 Å². The van der Waals surface area contributed by atoms with Crippen LogP contribution in [0.2, 0.25) is 5.02 Å². The molecule has 5 nitrogen and oxygen atoms in total. The predicted octanol–water partition coefficient (Wildman–Crippen LogP) is 4.98. The van der Waals surface area contributed by atoms with Crippen molar-refractivity contribution < 1.29 is 18.7 Å². The summed E-state index contributed by atoms with van der Waals surface area (Å²) in [4.78, 5) is 12.7. The van der Waals surface area contributed by atoms with Crippen LogP contribution < -0.4 is 4.72 Å². The van der Waals surface area contributed by atoms with Crippen LogP contribution in [0.3, 0.4) is 0 Å². The zero-order valence-electron chi connectivity index (χ0n) is 12.6. The van der Waals surface area contributed by atoms with Crippen molar-refractivity contribution in [1.29, 1.82) is 0 Å². The number of carboxylic acid groups (broad SMARTS) is 1. The summed E-state index contributed by atoms with van der Waals surface area (Å²) in [7, 11) is 0. The van der Waals surface area contributed by atoms with Gasteiger partial charge in [0.15, 0.2) is 0 Å². The summed E-state index contributed by atoms with van der Waals surface area (Å²) in [5.74, 6) is -1.00. The van der Waals surface area contributed by atoms with Crippen LogP contribution in [0.1, 0.15) is 9.67 Å². The highest BCUT2D eigenvalue weighted by Crippen LogP contribution is 2.38. The normalized spacial score (nSPS) is 11.9. The highest BCUT2D eigenvalue weighted by atomic mass is 35.5. The molecule has 0 saturated heterocycles. The number of rotatable bonds is 5. The van der Waals surface area contributed by atoms with Gasteiger partial charge in [0.1, 0.15) is 4.88 Å². The number of aromatic carboxylic acids is 1. The predicted molar refractivity (Wildman–Crippen MR) is 102 cm³/mol. The highest BCUT2D eigenvalue weighted by molar-refractivity contribution is 7.80. The molecule has 25 heavy (non-hydrogen) atoms. The number of halogens is 1. The summed E-state index contributed by atoms with van der Waals surface area (Å²) in [6, 6.07) is 15.7. The third-order valence-corrected chi connectivity index (χ3v) is 5.29. The van der Waals surface area contributed by atoms with Gasteiger partial charge in [-0.25, -0.2) is 9.00 Å². The molecule has 0 radical (unpaired) electrons. The first kappa shape index (κ1) is 17.6. The number of nitrogens with one attached hydrogen (secondary N) is 1. The second kappa shape index (κ2) is 7.37. The number of thiophene rings is 1. The number of carbonyl (C=O) groups is 1. The molecule has 0 aliphatic heterocycles. The van der Waals surface area contributed by atoms with Crippen LogP contribution in [0.4, 0.5) is 5.69 Å². The average molecular weight is 394 g/mol. The summed E-state index contributed by atoms with van der Waals surface area (Å²) in [5.41, 5.74) is 2.66. The molecule has 0 bridgehead atoms. The molecule has 0 aliphatic carbocycles. The van der Waals surface area contributed by atoms with Crippen molar-refractivity contribution in [3.8, 4) is 21.6 Å². The van der Waals surface area contributed by atoms with Gasteiger partial charge < -0.3 is 5.11 Å². The Morgan fingerprint density at radius 1 is 1.04 bits per heavy atom. The van der Waals surface area contributed by atoms with Crippen molar-refractivity contribution in [2.45, 2.75) is 0 Å². The lowest BCUT2D eigenvalue weighted by Gasteiger charge is -2.04. The van der Waals surface area contributed by atoms with Crippen LogP contribution in [-0.2, 0) is 11.3 Å². The number of benzene rings is 2. The molecule has 3 rings (SSSR count). The molecule has 0 spiro atoms. The lowest BCUT2D eigenvalue weighted by atomic mass is 10.0. The molecular formula is C17H12ClNO4S2. The molecule has 128 valence electrons. The molecule has 0 amide bonds. The Labute approximate surface area is 155 Å². The number of carboxylic acids is 1. The van der Waals surface area contributed by atoms with Crippen LogP contribution in [0, 0.1) is 0 Å². The first-order chi connectivity index (χ1) is 11.9. The fourth-order valence-electron chi connectivity index (χ4n) is 2.34. The van der Waals surface area contributed by atoms with E-state index < -0.39 is 17.2 Å². The Hall–Kier alpha value is -2.19. The van der Waals surface area contributed by atoms with E-state index in [0.717, 1.165) is 10.4 Å². The van der Waals surface area contributed by atoms with E-state index in [0.29, 0.717) is 21.8 Å². The van der Waals surface area contributed by atoms with E-state index in [1.807, 2.05) is 18.2 Å². The summed E-state index contributed by atoms with van der Waals surface area (Å²) in [6.45, 7) is 0. The van der Waals surface area contributed by atoms with Gasteiger partial charge in [0, 0.05) is 21.2 Å². The summed E-state index contributed by atoms with van der Waals surface area (Å²) in [6.07, 6.45) is 0. The van der Waals surface area contributed by atoms with Gasteiger partial charge in [0.25, 0.3) is 11.3 Å². The topological polar surface area (TPSA) is 86.6 Å². The van der Waals surface area contributed by atoms with Crippen molar-refractivity contribution in [3.63, 3.8) is 0 Å². The van der Waals surface area contributed by atoms with E-state index in [2.05, 4.69) is 4.72 Å². The van der Waals surface area contributed by atoms with Gasteiger partial charge in [-0.2, -0.15) is 0 Å². The summed E-state index contributed by atoms with van der Waals surface area (Å²) in [5, 5.41) is 10.1. The smallest absolute Gasteiger partial charge is 0.346 e. The van der Waals surface area contributed by atoms with E-state index in [1.54, 1.807) is 36.4 Å². The molecular weight excluding hydrogens is 382 g/mol. The molecule has 0 saturated carbocycles. The molecule has 0 aliphatic rings. The SMILES string of the molecule is O=C(O)c1sc(-c2ccc(Cl)cc2)cc1-c1ccc(NS(=O)O)cc1. The van der Waals surface area contributed by atoms with E-state index >= 15 is 0 Å². The van der Waals surface area contributed by atoms with Crippen LogP contribution in [-0.4, -0.2) is 19.8 Å². The van der Waals surface area contributed by atoms with Crippen molar-refractivity contribution >= 4 is 45.9 Å². The van der Waals surface area contributed by atoms with Gasteiger partial charge in [0.2, 0.25) is 0 Å². The zero-order valence-corrected chi connectivity index (χ0v) is 15.0. The van der Waals surface area contributed by atoms with Crippen molar-refractivity contribution in [2.24, 2.45) is 0 Å².